The fourth-order valence-corrected chi connectivity index (χ4v) is 6.51. The van der Waals surface area contributed by atoms with Crippen LogP contribution in [0.5, 0.6) is 0 Å². The fraction of sp³-hybridized carbons (Fsp3) is 0. The van der Waals surface area contributed by atoms with Gasteiger partial charge < -0.3 is 4.57 Å². The Balaban J connectivity index is 1.44. The first-order valence-electron chi connectivity index (χ1n) is 15.5. The number of benzene rings is 6. The molecule has 0 saturated heterocycles. The molecule has 6 aromatic carbocycles. The standard InChI is InChI=1S/C39H20B5ClN4/c40-32-31(33(41)35(43)36(44)34(32)42)39-47-37(22-11-5-2-6-12-22)46-38(48-39)27-20-24(45)16-18-29(27)49-28-14-8-7-13-25(28)26-17-15-23(19-30(26)49)21-9-3-1-4-10-21/h1-20H. The zero-order valence-electron chi connectivity index (χ0n) is 26.1. The number of fused-ring (bicyclic) bond motifs is 3. The van der Waals surface area contributed by atoms with E-state index in [9.17, 15) is 0 Å². The van der Waals surface area contributed by atoms with E-state index < -0.39 is 0 Å². The lowest BCUT2D eigenvalue weighted by atomic mass is 9.60. The van der Waals surface area contributed by atoms with Crippen molar-refractivity contribution >= 4 is 100.0 Å². The predicted octanol–water partition coefficient (Wildman–Crippen LogP) is 4.26. The van der Waals surface area contributed by atoms with Crippen LogP contribution in [0.3, 0.4) is 0 Å². The summed E-state index contributed by atoms with van der Waals surface area (Å²) in [5.74, 6) is 0.934. The summed E-state index contributed by atoms with van der Waals surface area (Å²) in [6, 6.07) is 40.4. The van der Waals surface area contributed by atoms with Crippen LogP contribution in [-0.2, 0) is 0 Å². The number of halogens is 1. The van der Waals surface area contributed by atoms with Crippen molar-refractivity contribution < 1.29 is 0 Å². The molecule has 0 aliphatic rings. The van der Waals surface area contributed by atoms with Gasteiger partial charge in [-0.2, -0.15) is 0 Å². The van der Waals surface area contributed by atoms with E-state index in [0.29, 0.717) is 22.2 Å². The van der Waals surface area contributed by atoms with Crippen LogP contribution >= 0.6 is 11.6 Å². The molecule has 10 heteroatoms. The van der Waals surface area contributed by atoms with Crippen molar-refractivity contribution in [2.45, 2.75) is 0 Å². The number of hydrogen-bond donors (Lipinski definition) is 0. The highest BCUT2D eigenvalue weighted by atomic mass is 35.5. The van der Waals surface area contributed by atoms with Crippen molar-refractivity contribution in [2.75, 3.05) is 0 Å². The molecule has 0 aliphatic carbocycles. The van der Waals surface area contributed by atoms with E-state index >= 15 is 0 Å². The molecule has 0 amide bonds. The maximum absolute atomic E-state index is 6.73. The highest BCUT2D eigenvalue weighted by Gasteiger charge is 2.22. The van der Waals surface area contributed by atoms with Gasteiger partial charge >= 0.3 is 0 Å². The highest BCUT2D eigenvalue weighted by molar-refractivity contribution is 6.68. The average molecular weight is 634 g/mol. The van der Waals surface area contributed by atoms with Gasteiger partial charge in [0.15, 0.2) is 17.5 Å². The Kier molecular flexibility index (Phi) is 7.81. The van der Waals surface area contributed by atoms with Gasteiger partial charge in [-0.3, -0.25) is 0 Å². The van der Waals surface area contributed by atoms with E-state index in [1.54, 1.807) is 0 Å². The van der Waals surface area contributed by atoms with E-state index in [-0.39, 0.29) is 38.7 Å². The zero-order valence-corrected chi connectivity index (χ0v) is 26.9. The third-order valence-electron chi connectivity index (χ3n) is 8.81. The summed E-state index contributed by atoms with van der Waals surface area (Å²) < 4.78 is 2.22. The second kappa shape index (κ2) is 12.3. The van der Waals surface area contributed by atoms with Crippen LogP contribution in [-0.4, -0.2) is 58.8 Å². The third-order valence-corrected chi connectivity index (χ3v) is 9.05. The third kappa shape index (κ3) is 5.30. The van der Waals surface area contributed by atoms with Gasteiger partial charge in [0.05, 0.1) is 16.7 Å². The van der Waals surface area contributed by atoms with Gasteiger partial charge in [-0.05, 0) is 41.5 Å². The van der Waals surface area contributed by atoms with Crippen molar-refractivity contribution in [3.63, 3.8) is 0 Å². The van der Waals surface area contributed by atoms with Crippen molar-refractivity contribution in [1.82, 2.24) is 19.5 Å². The van der Waals surface area contributed by atoms with Gasteiger partial charge in [-0.15, -0.1) is 16.4 Å². The smallest absolute Gasteiger partial charge is 0.166 e. The second-order valence-corrected chi connectivity index (χ2v) is 12.2. The summed E-state index contributed by atoms with van der Waals surface area (Å²) >= 11 is 6.73. The van der Waals surface area contributed by atoms with Gasteiger partial charge in [0.1, 0.15) is 39.2 Å². The first kappa shape index (κ1) is 31.0. The lowest BCUT2D eigenvalue weighted by molar-refractivity contribution is 1.07. The summed E-state index contributed by atoms with van der Waals surface area (Å²) in [6.45, 7) is 0. The monoisotopic (exact) mass is 634 g/mol. The number of nitrogens with zero attached hydrogens (tertiary/aromatic N) is 4. The highest BCUT2D eigenvalue weighted by Crippen LogP contribution is 2.38. The molecule has 0 aliphatic heterocycles. The molecule has 0 atom stereocenters. The molecule has 10 radical (unpaired) electrons. The number of hydrogen-bond acceptors (Lipinski definition) is 3. The minimum atomic E-state index is 0.105. The molecule has 2 heterocycles. The molecule has 0 unspecified atom stereocenters. The Morgan fingerprint density at radius 3 is 1.73 bits per heavy atom. The largest absolute Gasteiger partial charge is 0.308 e. The van der Waals surface area contributed by atoms with Crippen LogP contribution in [0.2, 0.25) is 5.02 Å². The fourth-order valence-electron chi connectivity index (χ4n) is 6.34. The van der Waals surface area contributed by atoms with Crippen LogP contribution < -0.4 is 27.3 Å². The Labute approximate surface area is 295 Å². The predicted molar refractivity (Wildman–Crippen MR) is 208 cm³/mol. The van der Waals surface area contributed by atoms with Crippen molar-refractivity contribution in [3.8, 4) is 51.0 Å². The average Bonchev–Trinajstić information content (AvgIpc) is 3.47. The van der Waals surface area contributed by atoms with Crippen LogP contribution in [0.15, 0.2) is 121 Å². The summed E-state index contributed by atoms with van der Waals surface area (Å²) in [5.41, 5.74) is 7.30. The lowest BCUT2D eigenvalue weighted by Gasteiger charge is -2.21. The number of para-hydroxylation sites is 1. The molecule has 0 N–H and O–H groups in total. The molecule has 49 heavy (non-hydrogen) atoms. The van der Waals surface area contributed by atoms with Crippen LogP contribution in [0.4, 0.5) is 0 Å². The Hall–Kier alpha value is -5.26. The first-order chi connectivity index (χ1) is 23.8. The SMILES string of the molecule is [B]c1c([B])c([B])c(-c2nc(-c3ccccc3)nc(-c3cc(Cl)ccc3-n3c4ccccc4c4ccc(-c5ccccc5)cc43)n2)c([B])c1[B]. The molecular weight excluding hydrogens is 614 g/mol. The molecular formula is C39H20B5ClN4. The number of rotatable bonds is 5. The Morgan fingerprint density at radius 1 is 0.449 bits per heavy atom. The Bertz CT molecular complexity index is 2540. The van der Waals surface area contributed by atoms with Crippen molar-refractivity contribution in [2.24, 2.45) is 0 Å². The van der Waals surface area contributed by atoms with E-state index in [0.717, 1.165) is 44.2 Å². The van der Waals surface area contributed by atoms with Crippen molar-refractivity contribution in [1.29, 1.82) is 0 Å². The maximum atomic E-state index is 6.73. The quantitative estimate of drug-likeness (QED) is 0.266. The molecule has 0 fully saturated rings. The summed E-state index contributed by atoms with van der Waals surface area (Å²) in [7, 11) is 31.7. The molecule has 0 saturated carbocycles. The van der Waals surface area contributed by atoms with Crippen molar-refractivity contribution in [3.05, 3.63) is 126 Å². The van der Waals surface area contributed by atoms with Crippen LogP contribution in [0, 0.1) is 0 Å². The van der Waals surface area contributed by atoms with Gasteiger partial charge in [0.25, 0.3) is 0 Å². The summed E-state index contributed by atoms with van der Waals surface area (Å²) in [4.78, 5) is 14.8. The van der Waals surface area contributed by atoms with E-state index in [4.69, 9.17) is 65.8 Å². The van der Waals surface area contributed by atoms with Crippen LogP contribution in [0.25, 0.3) is 72.8 Å². The van der Waals surface area contributed by atoms with Gasteiger partial charge in [0.2, 0.25) is 0 Å². The maximum Gasteiger partial charge on any atom is 0.166 e. The van der Waals surface area contributed by atoms with Crippen LogP contribution in [0.1, 0.15) is 0 Å². The normalized spacial score (nSPS) is 11.4. The summed E-state index contributed by atoms with van der Waals surface area (Å²) in [5, 5.41) is 2.71. The number of aromatic nitrogens is 4. The lowest BCUT2D eigenvalue weighted by Crippen LogP contribution is -2.55. The van der Waals surface area contributed by atoms with E-state index in [1.807, 2.05) is 78.9 Å². The second-order valence-electron chi connectivity index (χ2n) is 11.7. The molecule has 218 valence electrons. The van der Waals surface area contributed by atoms with E-state index in [2.05, 4.69) is 47.0 Å². The van der Waals surface area contributed by atoms with E-state index in [1.165, 1.54) is 0 Å². The Morgan fingerprint density at radius 2 is 1.02 bits per heavy atom. The zero-order chi connectivity index (χ0) is 33.8. The first-order valence-corrected chi connectivity index (χ1v) is 15.9. The summed E-state index contributed by atoms with van der Waals surface area (Å²) in [6.07, 6.45) is 0. The molecule has 8 aromatic rings. The minimum Gasteiger partial charge on any atom is -0.308 e. The minimum absolute atomic E-state index is 0.105. The molecule has 4 nitrogen and oxygen atoms in total. The van der Waals surface area contributed by atoms with Gasteiger partial charge in [0, 0.05) is 32.5 Å². The molecule has 0 spiro atoms. The van der Waals surface area contributed by atoms with Gasteiger partial charge in [-0.1, -0.05) is 114 Å². The molecule has 2 aromatic heterocycles. The molecule has 8 rings (SSSR count). The van der Waals surface area contributed by atoms with Gasteiger partial charge in [-0.25, -0.2) is 15.0 Å². The topological polar surface area (TPSA) is 43.6 Å². The molecule has 0 bridgehead atoms.